The van der Waals surface area contributed by atoms with Gasteiger partial charge < -0.3 is 15.3 Å². The van der Waals surface area contributed by atoms with E-state index in [4.69, 9.17) is 5.11 Å². The van der Waals surface area contributed by atoms with Gasteiger partial charge in [-0.05, 0) is 12.8 Å². The summed E-state index contributed by atoms with van der Waals surface area (Å²) in [6, 6.07) is 0.283. The predicted molar refractivity (Wildman–Crippen MR) is 81.1 cm³/mol. The predicted octanol–water partition coefficient (Wildman–Crippen LogP) is 1.39. The minimum Gasteiger partial charge on any atom is -0.481 e. The molecule has 2 N–H and O–H groups in total. The van der Waals surface area contributed by atoms with Crippen LogP contribution in [0.2, 0.25) is 0 Å². The van der Waals surface area contributed by atoms with Crippen LogP contribution in [0.3, 0.4) is 0 Å². The first-order valence-corrected chi connectivity index (χ1v) is 8.29. The maximum Gasteiger partial charge on any atom is 0.308 e. The largest absolute Gasteiger partial charge is 0.481 e. The van der Waals surface area contributed by atoms with E-state index in [1.807, 2.05) is 4.90 Å². The molecule has 2 amide bonds. The van der Waals surface area contributed by atoms with E-state index in [0.717, 1.165) is 25.7 Å². The van der Waals surface area contributed by atoms with Gasteiger partial charge in [0.25, 0.3) is 0 Å². The molecule has 0 unspecified atom stereocenters. The zero-order chi connectivity index (χ0) is 16.1. The normalized spacial score (nSPS) is 24.9. The maximum atomic E-state index is 12.2. The van der Waals surface area contributed by atoms with Crippen LogP contribution in [0.1, 0.15) is 51.9 Å². The van der Waals surface area contributed by atoms with Crippen LogP contribution in [-0.4, -0.2) is 46.9 Å². The Bertz CT molecular complexity index is 430. The number of nitrogens with one attached hydrogen (secondary N) is 1. The molecule has 2 aliphatic rings. The van der Waals surface area contributed by atoms with E-state index in [0.29, 0.717) is 6.54 Å². The molecule has 1 heterocycles. The highest BCUT2D eigenvalue weighted by Gasteiger charge is 2.37. The number of hydrogen-bond acceptors (Lipinski definition) is 3. The second-order valence-corrected chi connectivity index (χ2v) is 6.58. The van der Waals surface area contributed by atoms with Gasteiger partial charge in [0, 0.05) is 25.6 Å². The lowest BCUT2D eigenvalue weighted by Gasteiger charge is -2.27. The van der Waals surface area contributed by atoms with Crippen LogP contribution in [0, 0.1) is 11.8 Å². The molecule has 2 atom stereocenters. The van der Waals surface area contributed by atoms with Gasteiger partial charge in [-0.15, -0.1) is 0 Å². The molecule has 1 saturated carbocycles. The molecule has 2 fully saturated rings. The highest BCUT2D eigenvalue weighted by Crippen LogP contribution is 2.28. The number of carbonyl (C=O) groups is 3. The van der Waals surface area contributed by atoms with Gasteiger partial charge in [-0.25, -0.2) is 0 Å². The van der Waals surface area contributed by atoms with E-state index in [-0.39, 0.29) is 36.7 Å². The number of likely N-dealkylation sites (tertiary alicyclic amines) is 1. The van der Waals surface area contributed by atoms with Crippen molar-refractivity contribution in [3.8, 4) is 0 Å². The lowest BCUT2D eigenvalue weighted by atomic mass is 10.1. The van der Waals surface area contributed by atoms with E-state index in [1.54, 1.807) is 6.92 Å². The third kappa shape index (κ3) is 4.21. The third-order valence-electron chi connectivity index (χ3n) is 4.80. The summed E-state index contributed by atoms with van der Waals surface area (Å²) in [6.45, 7) is 2.15. The van der Waals surface area contributed by atoms with Crippen molar-refractivity contribution < 1.29 is 19.5 Å². The van der Waals surface area contributed by atoms with Crippen LogP contribution in [0.4, 0.5) is 0 Å². The molecule has 124 valence electrons. The minimum atomic E-state index is -0.928. The summed E-state index contributed by atoms with van der Waals surface area (Å²) in [6.07, 6.45) is 7.10. The van der Waals surface area contributed by atoms with Crippen molar-refractivity contribution in [3.05, 3.63) is 0 Å². The Morgan fingerprint density at radius 2 is 1.91 bits per heavy atom. The maximum absolute atomic E-state index is 12.2. The average molecular weight is 310 g/mol. The molecule has 1 aliphatic carbocycles. The Hall–Kier alpha value is -1.59. The Labute approximate surface area is 131 Å². The Kier molecular flexibility index (Phi) is 5.80. The first kappa shape index (κ1) is 16.8. The number of carbonyl (C=O) groups excluding carboxylic acids is 2. The van der Waals surface area contributed by atoms with Crippen LogP contribution >= 0.6 is 0 Å². The fourth-order valence-corrected chi connectivity index (χ4v) is 3.31. The number of carboxylic acid groups (broad SMARTS) is 1. The van der Waals surface area contributed by atoms with E-state index < -0.39 is 11.9 Å². The Morgan fingerprint density at radius 1 is 1.27 bits per heavy atom. The van der Waals surface area contributed by atoms with Gasteiger partial charge in [-0.3, -0.25) is 14.4 Å². The van der Waals surface area contributed by atoms with Gasteiger partial charge in [0.15, 0.2) is 0 Å². The molecule has 6 nitrogen and oxygen atoms in total. The molecule has 0 aromatic heterocycles. The number of carboxylic acids is 1. The van der Waals surface area contributed by atoms with Crippen molar-refractivity contribution in [2.24, 2.45) is 11.8 Å². The van der Waals surface area contributed by atoms with Gasteiger partial charge in [0.1, 0.15) is 0 Å². The fourth-order valence-electron chi connectivity index (χ4n) is 3.31. The highest BCUT2D eigenvalue weighted by atomic mass is 16.4. The molecule has 1 aliphatic heterocycles. The first-order chi connectivity index (χ1) is 10.5. The van der Waals surface area contributed by atoms with Gasteiger partial charge in [0.05, 0.1) is 11.8 Å². The van der Waals surface area contributed by atoms with Crippen LogP contribution in [-0.2, 0) is 14.4 Å². The summed E-state index contributed by atoms with van der Waals surface area (Å²) in [5.74, 6) is -2.01. The SMILES string of the molecule is C[C@H](CNC(=O)[C@@H]1CC(=O)N(C2CCCCCC2)C1)C(=O)O. The smallest absolute Gasteiger partial charge is 0.308 e. The van der Waals surface area contributed by atoms with Gasteiger partial charge in [-0.2, -0.15) is 0 Å². The zero-order valence-corrected chi connectivity index (χ0v) is 13.2. The molecule has 22 heavy (non-hydrogen) atoms. The van der Waals surface area contributed by atoms with Crippen molar-refractivity contribution in [1.82, 2.24) is 10.2 Å². The summed E-state index contributed by atoms with van der Waals surface area (Å²) in [4.78, 5) is 37.0. The van der Waals surface area contributed by atoms with E-state index in [9.17, 15) is 14.4 Å². The van der Waals surface area contributed by atoms with Crippen LogP contribution in [0.25, 0.3) is 0 Å². The topological polar surface area (TPSA) is 86.7 Å². The monoisotopic (exact) mass is 310 g/mol. The Balaban J connectivity index is 1.85. The van der Waals surface area contributed by atoms with Gasteiger partial charge in [0.2, 0.25) is 11.8 Å². The number of aliphatic carboxylic acids is 1. The molecule has 0 bridgehead atoms. The van der Waals surface area contributed by atoms with E-state index in [1.165, 1.54) is 12.8 Å². The second kappa shape index (κ2) is 7.61. The van der Waals surface area contributed by atoms with Crippen LogP contribution < -0.4 is 5.32 Å². The summed E-state index contributed by atoms with van der Waals surface area (Å²) in [7, 11) is 0. The molecule has 0 aromatic rings. The molecule has 0 aromatic carbocycles. The molecule has 1 saturated heterocycles. The van der Waals surface area contributed by atoms with Crippen LogP contribution in [0.15, 0.2) is 0 Å². The summed E-state index contributed by atoms with van der Waals surface area (Å²) in [5, 5.41) is 11.5. The lowest BCUT2D eigenvalue weighted by molar-refractivity contribution is -0.141. The number of rotatable bonds is 5. The van der Waals surface area contributed by atoms with Crippen molar-refractivity contribution in [3.63, 3.8) is 0 Å². The summed E-state index contributed by atoms with van der Waals surface area (Å²) < 4.78 is 0. The van der Waals surface area contributed by atoms with Crippen molar-refractivity contribution in [2.45, 2.75) is 57.9 Å². The number of amides is 2. The average Bonchev–Trinajstić information content (AvgIpc) is 2.71. The molecule has 6 heteroatoms. The lowest BCUT2D eigenvalue weighted by Crippen LogP contribution is -2.39. The molecule has 0 radical (unpaired) electrons. The van der Waals surface area contributed by atoms with Crippen molar-refractivity contribution in [2.75, 3.05) is 13.1 Å². The minimum absolute atomic E-state index is 0.0679. The molecule has 0 spiro atoms. The van der Waals surface area contributed by atoms with E-state index >= 15 is 0 Å². The molecule has 2 rings (SSSR count). The van der Waals surface area contributed by atoms with Crippen LogP contribution in [0.5, 0.6) is 0 Å². The quantitative estimate of drug-likeness (QED) is 0.751. The fraction of sp³-hybridized carbons (Fsp3) is 0.812. The summed E-state index contributed by atoms with van der Waals surface area (Å²) in [5.41, 5.74) is 0. The second-order valence-electron chi connectivity index (χ2n) is 6.58. The van der Waals surface area contributed by atoms with E-state index in [2.05, 4.69) is 5.32 Å². The summed E-state index contributed by atoms with van der Waals surface area (Å²) >= 11 is 0. The highest BCUT2D eigenvalue weighted by molar-refractivity contribution is 5.89. The number of nitrogens with zero attached hydrogens (tertiary/aromatic N) is 1. The van der Waals surface area contributed by atoms with Crippen molar-refractivity contribution in [1.29, 1.82) is 0 Å². The first-order valence-electron chi connectivity index (χ1n) is 8.29. The number of hydrogen-bond donors (Lipinski definition) is 2. The van der Waals surface area contributed by atoms with Gasteiger partial charge in [-0.1, -0.05) is 32.6 Å². The zero-order valence-electron chi connectivity index (χ0n) is 13.2. The standard InChI is InChI=1S/C16H26N2O4/c1-11(16(21)22)9-17-15(20)12-8-14(19)18(10-12)13-6-4-2-3-5-7-13/h11-13H,2-10H2,1H3,(H,17,20)(H,21,22)/t11-,12-/m1/s1. The molecular weight excluding hydrogens is 284 g/mol. The molecular formula is C16H26N2O4. The Morgan fingerprint density at radius 3 is 2.50 bits per heavy atom. The van der Waals surface area contributed by atoms with Gasteiger partial charge >= 0.3 is 5.97 Å². The van der Waals surface area contributed by atoms with Crippen molar-refractivity contribution >= 4 is 17.8 Å². The third-order valence-corrected chi connectivity index (χ3v) is 4.80.